The largest absolute Gasteiger partial charge is 0.443 e. The average molecular weight is 447 g/mol. The third kappa shape index (κ3) is 5.29. The van der Waals surface area contributed by atoms with E-state index in [1.807, 2.05) is 26.0 Å². The van der Waals surface area contributed by atoms with Crippen LogP contribution in [0.1, 0.15) is 47.3 Å². The van der Waals surface area contributed by atoms with Gasteiger partial charge in [-0.25, -0.2) is 4.98 Å². The number of aryl methyl sites for hydroxylation is 3. The van der Waals surface area contributed by atoms with Crippen LogP contribution < -0.4 is 10.6 Å². The molecule has 0 atom stereocenters. The molecule has 2 aromatic carbocycles. The van der Waals surface area contributed by atoms with Gasteiger partial charge in [-0.1, -0.05) is 24.3 Å². The summed E-state index contributed by atoms with van der Waals surface area (Å²) in [5, 5.41) is 4.49. The lowest BCUT2D eigenvalue weighted by molar-refractivity contribution is -0.137. The monoisotopic (exact) mass is 447 g/mol. The van der Waals surface area contributed by atoms with Gasteiger partial charge in [-0.3, -0.25) is 9.59 Å². The van der Waals surface area contributed by atoms with E-state index in [4.69, 9.17) is 0 Å². The fraction of sp³-hybridized carbons (Fsp3) is 0.227. The Morgan fingerprint density at radius 3 is 2.32 bits per heavy atom. The number of anilines is 1. The number of hydrogen-bond donors (Lipinski definition) is 2. The number of halogens is 3. The van der Waals surface area contributed by atoms with Crippen molar-refractivity contribution in [1.29, 1.82) is 0 Å². The van der Waals surface area contributed by atoms with Crippen molar-refractivity contribution in [3.8, 4) is 0 Å². The molecule has 0 saturated heterocycles. The highest BCUT2D eigenvalue weighted by atomic mass is 32.1. The predicted molar refractivity (Wildman–Crippen MR) is 113 cm³/mol. The number of carbonyl (C=O) groups is 2. The molecule has 2 amide bonds. The Labute approximate surface area is 181 Å². The van der Waals surface area contributed by atoms with E-state index in [1.165, 1.54) is 0 Å². The van der Waals surface area contributed by atoms with E-state index in [1.54, 1.807) is 31.2 Å². The van der Waals surface area contributed by atoms with Crippen molar-refractivity contribution < 1.29 is 22.8 Å². The fourth-order valence-corrected chi connectivity index (χ4v) is 3.75. The topological polar surface area (TPSA) is 71.1 Å². The summed E-state index contributed by atoms with van der Waals surface area (Å²) in [6.45, 7) is 5.33. The number of rotatable bonds is 5. The molecule has 0 saturated carbocycles. The van der Waals surface area contributed by atoms with Gasteiger partial charge in [-0.15, -0.1) is 11.3 Å². The van der Waals surface area contributed by atoms with Crippen LogP contribution in [-0.4, -0.2) is 16.8 Å². The summed E-state index contributed by atoms with van der Waals surface area (Å²) in [6.07, 6.45) is -3.41. The highest BCUT2D eigenvalue weighted by Crippen LogP contribution is 2.32. The quantitative estimate of drug-likeness (QED) is 0.560. The molecule has 0 bridgehead atoms. The minimum atomic E-state index is -4.51. The van der Waals surface area contributed by atoms with Gasteiger partial charge in [0.2, 0.25) is 0 Å². The first-order valence-electron chi connectivity index (χ1n) is 9.34. The van der Waals surface area contributed by atoms with Crippen molar-refractivity contribution in [1.82, 2.24) is 10.3 Å². The Morgan fingerprint density at radius 1 is 0.968 bits per heavy atom. The molecule has 0 aliphatic rings. The standard InChI is InChI=1S/C22H20F3N3O2S/c1-12-6-4-5-7-16(12)20(30)28-18-9-17(13(2)8-14(18)3)19(29)26-10-15-11-27-21(31-15)22(23,24)25/h4-9,11H,10H2,1-3H3,(H,26,29)(H,28,30). The molecular weight excluding hydrogens is 427 g/mol. The van der Waals surface area contributed by atoms with Crippen molar-refractivity contribution in [2.45, 2.75) is 33.5 Å². The van der Waals surface area contributed by atoms with Gasteiger partial charge in [0.1, 0.15) is 0 Å². The van der Waals surface area contributed by atoms with Gasteiger partial charge in [0.05, 0.1) is 6.54 Å². The first-order chi connectivity index (χ1) is 14.6. The van der Waals surface area contributed by atoms with Crippen LogP contribution >= 0.6 is 11.3 Å². The molecule has 31 heavy (non-hydrogen) atoms. The van der Waals surface area contributed by atoms with Crippen LogP contribution in [0.25, 0.3) is 0 Å². The zero-order valence-electron chi connectivity index (χ0n) is 17.1. The van der Waals surface area contributed by atoms with Crippen LogP contribution in [0, 0.1) is 20.8 Å². The van der Waals surface area contributed by atoms with Crippen LogP contribution in [0.3, 0.4) is 0 Å². The van der Waals surface area contributed by atoms with Gasteiger partial charge < -0.3 is 10.6 Å². The molecule has 0 aliphatic heterocycles. The number of thiazole rings is 1. The molecule has 5 nitrogen and oxygen atoms in total. The second-order valence-corrected chi connectivity index (χ2v) is 8.18. The smallest absolute Gasteiger partial charge is 0.347 e. The second-order valence-electron chi connectivity index (χ2n) is 7.06. The maximum atomic E-state index is 12.7. The summed E-state index contributed by atoms with van der Waals surface area (Å²) in [4.78, 5) is 28.9. The van der Waals surface area contributed by atoms with Crippen LogP contribution in [0.5, 0.6) is 0 Å². The molecule has 0 unspecified atom stereocenters. The van der Waals surface area contributed by atoms with E-state index < -0.39 is 17.1 Å². The Bertz CT molecular complexity index is 1140. The predicted octanol–water partition coefficient (Wildman–Crippen LogP) is 5.27. The summed E-state index contributed by atoms with van der Waals surface area (Å²) in [5.41, 5.74) is 3.63. The average Bonchev–Trinajstić information content (AvgIpc) is 3.18. The van der Waals surface area contributed by atoms with Gasteiger partial charge in [0.25, 0.3) is 11.8 Å². The van der Waals surface area contributed by atoms with Gasteiger partial charge >= 0.3 is 6.18 Å². The first kappa shape index (κ1) is 22.5. The number of carbonyl (C=O) groups excluding carboxylic acids is 2. The van der Waals surface area contributed by atoms with Gasteiger partial charge in [0.15, 0.2) is 5.01 Å². The molecule has 1 aromatic heterocycles. The molecule has 0 aliphatic carbocycles. The van der Waals surface area contributed by atoms with Gasteiger partial charge in [-0.2, -0.15) is 13.2 Å². The summed E-state index contributed by atoms with van der Waals surface area (Å²) in [5.74, 6) is -0.744. The normalized spacial score (nSPS) is 11.3. The lowest BCUT2D eigenvalue weighted by atomic mass is 10.0. The highest BCUT2D eigenvalue weighted by molar-refractivity contribution is 7.11. The van der Waals surface area contributed by atoms with E-state index in [0.29, 0.717) is 38.6 Å². The van der Waals surface area contributed by atoms with Crippen molar-refractivity contribution >= 4 is 28.8 Å². The summed E-state index contributed by atoms with van der Waals surface area (Å²) in [7, 11) is 0. The zero-order valence-corrected chi connectivity index (χ0v) is 17.9. The molecule has 1 heterocycles. The number of benzene rings is 2. The number of hydrogen-bond acceptors (Lipinski definition) is 4. The number of alkyl halides is 3. The Hall–Kier alpha value is -3.20. The van der Waals surface area contributed by atoms with E-state index in [-0.39, 0.29) is 12.5 Å². The van der Waals surface area contributed by atoms with Crippen LogP contribution in [-0.2, 0) is 12.7 Å². The lowest BCUT2D eigenvalue weighted by Gasteiger charge is -2.14. The van der Waals surface area contributed by atoms with Gasteiger partial charge in [0, 0.05) is 27.9 Å². The summed E-state index contributed by atoms with van der Waals surface area (Å²) in [6, 6.07) is 10.5. The van der Waals surface area contributed by atoms with Crippen LogP contribution in [0.4, 0.5) is 18.9 Å². The van der Waals surface area contributed by atoms with E-state index >= 15 is 0 Å². The summed E-state index contributed by atoms with van der Waals surface area (Å²) < 4.78 is 38.0. The number of amides is 2. The molecule has 0 radical (unpaired) electrons. The van der Waals surface area contributed by atoms with Crippen molar-refractivity contribution in [2.24, 2.45) is 0 Å². The van der Waals surface area contributed by atoms with Crippen molar-refractivity contribution in [3.05, 3.63) is 80.3 Å². The summed E-state index contributed by atoms with van der Waals surface area (Å²) >= 11 is 0.486. The van der Waals surface area contributed by atoms with Crippen LogP contribution in [0.2, 0.25) is 0 Å². The Balaban J connectivity index is 1.75. The molecule has 9 heteroatoms. The lowest BCUT2D eigenvalue weighted by Crippen LogP contribution is -2.24. The highest BCUT2D eigenvalue weighted by Gasteiger charge is 2.34. The molecule has 162 valence electrons. The van der Waals surface area contributed by atoms with E-state index in [2.05, 4.69) is 15.6 Å². The molecule has 0 spiro atoms. The minimum absolute atomic E-state index is 0.0786. The fourth-order valence-electron chi connectivity index (χ4n) is 3.03. The number of nitrogens with zero attached hydrogens (tertiary/aromatic N) is 1. The maximum Gasteiger partial charge on any atom is 0.443 e. The first-order valence-corrected chi connectivity index (χ1v) is 10.2. The zero-order chi connectivity index (χ0) is 22.8. The minimum Gasteiger partial charge on any atom is -0.347 e. The van der Waals surface area contributed by atoms with Crippen LogP contribution in [0.15, 0.2) is 42.6 Å². The molecule has 2 N–H and O–H groups in total. The van der Waals surface area contributed by atoms with E-state index in [0.717, 1.165) is 17.3 Å². The maximum absolute atomic E-state index is 12.7. The second kappa shape index (κ2) is 8.89. The van der Waals surface area contributed by atoms with Crippen molar-refractivity contribution in [3.63, 3.8) is 0 Å². The Kier molecular flexibility index (Phi) is 6.45. The third-order valence-electron chi connectivity index (χ3n) is 4.67. The third-order valence-corrected chi connectivity index (χ3v) is 5.72. The molecule has 3 rings (SSSR count). The Morgan fingerprint density at radius 2 is 1.68 bits per heavy atom. The SMILES string of the molecule is Cc1cc(C)c(C(=O)NCc2cnc(C(F)(F)F)s2)cc1NC(=O)c1ccccc1C. The number of aromatic nitrogens is 1. The number of nitrogens with one attached hydrogen (secondary N) is 2. The molecular formula is C22H20F3N3O2S. The van der Waals surface area contributed by atoms with Crippen molar-refractivity contribution in [2.75, 3.05) is 5.32 Å². The molecule has 3 aromatic rings. The van der Waals surface area contributed by atoms with E-state index in [9.17, 15) is 22.8 Å². The molecule has 0 fully saturated rings. The van der Waals surface area contributed by atoms with Gasteiger partial charge in [-0.05, 0) is 49.6 Å².